The van der Waals surface area contributed by atoms with E-state index in [1.54, 1.807) is 11.1 Å². The van der Waals surface area contributed by atoms with Crippen LogP contribution in [0.3, 0.4) is 0 Å². The van der Waals surface area contributed by atoms with E-state index in [-0.39, 0.29) is 6.03 Å². The van der Waals surface area contributed by atoms with E-state index in [1.165, 1.54) is 0 Å². The molecule has 3 N–H and O–H groups in total. The highest BCUT2D eigenvalue weighted by atomic mass is 35.5. The molecule has 1 fully saturated rings. The Balaban J connectivity index is 1.98. The first-order valence-electron chi connectivity index (χ1n) is 6.00. The fourth-order valence-corrected chi connectivity index (χ4v) is 2.41. The highest BCUT2D eigenvalue weighted by Crippen LogP contribution is 2.25. The minimum atomic E-state index is -0.343. The molecule has 1 aliphatic heterocycles. The van der Waals surface area contributed by atoms with Crippen LogP contribution in [0.5, 0.6) is 0 Å². The normalized spacial score (nSPS) is 16.7. The van der Waals surface area contributed by atoms with Gasteiger partial charge in [-0.05, 0) is 31.4 Å². The number of hydrogen-bond donors (Lipinski definition) is 2. The van der Waals surface area contributed by atoms with Crippen molar-refractivity contribution in [2.75, 3.05) is 18.4 Å². The van der Waals surface area contributed by atoms with Crippen molar-refractivity contribution in [3.63, 3.8) is 0 Å². The van der Waals surface area contributed by atoms with Crippen LogP contribution in [0, 0.1) is 6.92 Å². The quantitative estimate of drug-likeness (QED) is 0.806. The number of hydrogen-bond acceptors (Lipinski definition) is 3. The number of nitrogens with two attached hydrogens (primary N) is 1. The maximum absolute atomic E-state index is 11.0. The third-order valence-electron chi connectivity index (χ3n) is 3.27. The Hall–Kier alpha value is -1.49. The van der Waals surface area contributed by atoms with Gasteiger partial charge in [0.2, 0.25) is 0 Å². The van der Waals surface area contributed by atoms with Crippen LogP contribution < -0.4 is 11.1 Å². The number of nitrogens with zero attached hydrogens (tertiary/aromatic N) is 2. The average Bonchev–Trinajstić information content (AvgIpc) is 2.34. The van der Waals surface area contributed by atoms with E-state index in [0.29, 0.717) is 24.3 Å². The fraction of sp³-hybridized carbons (Fsp3) is 0.500. The number of carbonyl (C=O) groups excluding carboxylic acids is 1. The largest absolute Gasteiger partial charge is 0.379 e. The minimum Gasteiger partial charge on any atom is -0.379 e. The summed E-state index contributed by atoms with van der Waals surface area (Å²) in [6.45, 7) is 3.36. The topological polar surface area (TPSA) is 71.2 Å². The molecular formula is C12H17ClN4O. The molecule has 2 rings (SSSR count). The van der Waals surface area contributed by atoms with Gasteiger partial charge in [-0.3, -0.25) is 0 Å². The van der Waals surface area contributed by atoms with E-state index < -0.39 is 0 Å². The molecule has 1 aromatic heterocycles. The molecule has 0 aromatic carbocycles. The van der Waals surface area contributed by atoms with Gasteiger partial charge in [0, 0.05) is 25.3 Å². The molecule has 6 heteroatoms. The standard InChI is InChI=1S/C12H17ClN4O/c1-8-2-5-15-11(13)10(8)16-9-3-6-17(7-4-9)12(14)18/h2,5,9,16H,3-4,6-7H2,1H3,(H2,14,18). The predicted molar refractivity (Wildman–Crippen MR) is 71.8 cm³/mol. The summed E-state index contributed by atoms with van der Waals surface area (Å²) in [5, 5.41) is 3.90. The van der Waals surface area contributed by atoms with Crippen LogP contribution in [-0.4, -0.2) is 35.0 Å². The Morgan fingerprint density at radius 3 is 2.78 bits per heavy atom. The summed E-state index contributed by atoms with van der Waals surface area (Å²) in [4.78, 5) is 16.8. The van der Waals surface area contributed by atoms with Crippen molar-refractivity contribution in [1.82, 2.24) is 9.88 Å². The number of halogens is 1. The maximum atomic E-state index is 11.0. The van der Waals surface area contributed by atoms with Gasteiger partial charge in [-0.1, -0.05) is 11.6 Å². The van der Waals surface area contributed by atoms with Crippen LogP contribution in [0.1, 0.15) is 18.4 Å². The summed E-state index contributed by atoms with van der Waals surface area (Å²) in [5.74, 6) is 0. The Labute approximate surface area is 111 Å². The minimum absolute atomic E-state index is 0.306. The number of aryl methyl sites for hydroxylation is 1. The second-order valence-corrected chi connectivity index (χ2v) is 4.90. The molecule has 2 heterocycles. The average molecular weight is 269 g/mol. The number of piperidine rings is 1. The molecule has 0 spiro atoms. The highest BCUT2D eigenvalue weighted by molar-refractivity contribution is 6.32. The molecule has 0 bridgehead atoms. The Kier molecular flexibility index (Phi) is 3.91. The number of anilines is 1. The molecule has 0 saturated carbocycles. The van der Waals surface area contributed by atoms with E-state index in [9.17, 15) is 4.79 Å². The molecule has 0 atom stereocenters. The number of carbonyl (C=O) groups is 1. The van der Waals surface area contributed by atoms with Gasteiger partial charge in [-0.2, -0.15) is 0 Å². The van der Waals surface area contributed by atoms with Crippen LogP contribution in [0.15, 0.2) is 12.3 Å². The molecular weight excluding hydrogens is 252 g/mol. The van der Waals surface area contributed by atoms with Crippen molar-refractivity contribution < 1.29 is 4.79 Å². The first kappa shape index (κ1) is 13.0. The molecule has 0 radical (unpaired) electrons. The lowest BCUT2D eigenvalue weighted by Crippen LogP contribution is -2.44. The van der Waals surface area contributed by atoms with Gasteiger partial charge in [0.15, 0.2) is 5.15 Å². The van der Waals surface area contributed by atoms with Crippen LogP contribution in [0.25, 0.3) is 0 Å². The maximum Gasteiger partial charge on any atom is 0.314 e. The summed E-state index contributed by atoms with van der Waals surface area (Å²) >= 11 is 6.07. The molecule has 2 amide bonds. The van der Waals surface area contributed by atoms with E-state index >= 15 is 0 Å². The summed E-state index contributed by atoms with van der Waals surface area (Å²) < 4.78 is 0. The van der Waals surface area contributed by atoms with Gasteiger partial charge in [-0.25, -0.2) is 9.78 Å². The molecule has 0 aliphatic carbocycles. The Bertz CT molecular complexity index is 423. The molecule has 1 saturated heterocycles. The first-order valence-corrected chi connectivity index (χ1v) is 6.37. The third-order valence-corrected chi connectivity index (χ3v) is 3.55. The molecule has 5 nitrogen and oxygen atoms in total. The van der Waals surface area contributed by atoms with Crippen LogP contribution >= 0.6 is 11.6 Å². The summed E-state index contributed by atoms with van der Waals surface area (Å²) in [6, 6.07) is 1.89. The van der Waals surface area contributed by atoms with E-state index in [4.69, 9.17) is 17.3 Å². The number of rotatable bonds is 2. The highest BCUT2D eigenvalue weighted by Gasteiger charge is 2.22. The van der Waals surface area contributed by atoms with Gasteiger partial charge in [0.25, 0.3) is 0 Å². The second-order valence-electron chi connectivity index (χ2n) is 4.54. The lowest BCUT2D eigenvalue weighted by Gasteiger charge is -2.32. The zero-order valence-electron chi connectivity index (χ0n) is 10.3. The third kappa shape index (κ3) is 2.85. The lowest BCUT2D eigenvalue weighted by molar-refractivity contribution is 0.193. The second kappa shape index (κ2) is 5.44. The zero-order valence-corrected chi connectivity index (χ0v) is 11.1. The van der Waals surface area contributed by atoms with Crippen molar-refractivity contribution in [3.05, 3.63) is 23.0 Å². The van der Waals surface area contributed by atoms with Crippen molar-refractivity contribution in [2.24, 2.45) is 5.73 Å². The SMILES string of the molecule is Cc1ccnc(Cl)c1NC1CCN(C(N)=O)CC1. The summed E-state index contributed by atoms with van der Waals surface area (Å²) in [6.07, 6.45) is 3.43. The number of nitrogens with one attached hydrogen (secondary N) is 1. The van der Waals surface area contributed by atoms with Crippen molar-refractivity contribution in [2.45, 2.75) is 25.8 Å². The van der Waals surface area contributed by atoms with Gasteiger partial charge >= 0.3 is 6.03 Å². The number of likely N-dealkylation sites (tertiary alicyclic amines) is 1. The van der Waals surface area contributed by atoms with Gasteiger partial charge in [-0.15, -0.1) is 0 Å². The van der Waals surface area contributed by atoms with Gasteiger partial charge < -0.3 is 16.0 Å². The van der Waals surface area contributed by atoms with E-state index in [1.807, 2.05) is 13.0 Å². The van der Waals surface area contributed by atoms with Crippen molar-refractivity contribution >= 4 is 23.3 Å². The number of urea groups is 1. The molecule has 1 aliphatic rings. The van der Waals surface area contributed by atoms with Crippen LogP contribution in [-0.2, 0) is 0 Å². The molecule has 0 unspecified atom stereocenters. The van der Waals surface area contributed by atoms with Crippen molar-refractivity contribution in [1.29, 1.82) is 0 Å². The Morgan fingerprint density at radius 2 is 2.22 bits per heavy atom. The van der Waals surface area contributed by atoms with E-state index in [2.05, 4.69) is 10.3 Å². The smallest absolute Gasteiger partial charge is 0.314 e. The lowest BCUT2D eigenvalue weighted by atomic mass is 10.0. The monoisotopic (exact) mass is 268 g/mol. The number of amides is 2. The number of pyridine rings is 1. The van der Waals surface area contributed by atoms with Crippen LogP contribution in [0.4, 0.5) is 10.5 Å². The number of aromatic nitrogens is 1. The van der Waals surface area contributed by atoms with Crippen molar-refractivity contribution in [3.8, 4) is 0 Å². The Morgan fingerprint density at radius 1 is 1.56 bits per heavy atom. The molecule has 18 heavy (non-hydrogen) atoms. The number of primary amides is 1. The molecule has 98 valence electrons. The fourth-order valence-electron chi connectivity index (χ4n) is 2.15. The van der Waals surface area contributed by atoms with Crippen LogP contribution in [0.2, 0.25) is 5.15 Å². The predicted octanol–water partition coefficient (Wildman–Crippen LogP) is 2.00. The van der Waals surface area contributed by atoms with E-state index in [0.717, 1.165) is 24.1 Å². The summed E-state index contributed by atoms with van der Waals surface area (Å²) in [5.41, 5.74) is 7.21. The van der Waals surface area contributed by atoms with Gasteiger partial charge in [0.05, 0.1) is 5.69 Å². The van der Waals surface area contributed by atoms with Gasteiger partial charge in [0.1, 0.15) is 0 Å². The summed E-state index contributed by atoms with van der Waals surface area (Å²) in [7, 11) is 0. The first-order chi connectivity index (χ1) is 8.58. The molecule has 1 aromatic rings. The zero-order chi connectivity index (χ0) is 13.1.